The Hall–Kier alpha value is -1.81. The first-order valence-electron chi connectivity index (χ1n) is 7.50. The van der Waals surface area contributed by atoms with Crippen LogP contribution in [0.1, 0.15) is 43.6 Å². The number of halogens is 3. The summed E-state index contributed by atoms with van der Waals surface area (Å²) in [6.07, 6.45) is -4.70. The minimum atomic E-state index is -4.33. The van der Waals surface area contributed by atoms with Gasteiger partial charge in [-0.3, -0.25) is 0 Å². The third-order valence-corrected chi connectivity index (χ3v) is 3.33. The fourth-order valence-electron chi connectivity index (χ4n) is 2.19. The van der Waals surface area contributed by atoms with Crippen LogP contribution in [0.3, 0.4) is 0 Å². The van der Waals surface area contributed by atoms with Crippen molar-refractivity contribution in [2.45, 2.75) is 33.1 Å². The first kappa shape index (κ1) is 17.5. The Labute approximate surface area is 135 Å². The van der Waals surface area contributed by atoms with E-state index in [2.05, 4.69) is 20.8 Å². The van der Waals surface area contributed by atoms with Gasteiger partial charge in [0, 0.05) is 0 Å². The lowest BCUT2D eigenvalue weighted by molar-refractivity contribution is -0.137. The molecule has 0 aliphatic heterocycles. The maximum absolute atomic E-state index is 12.7. The van der Waals surface area contributed by atoms with E-state index in [9.17, 15) is 13.2 Å². The molecule has 2 aromatic carbocycles. The van der Waals surface area contributed by atoms with Crippen molar-refractivity contribution in [1.82, 2.24) is 0 Å². The van der Waals surface area contributed by atoms with E-state index >= 15 is 0 Å². The van der Waals surface area contributed by atoms with Gasteiger partial charge in [-0.1, -0.05) is 63.2 Å². The number of hydrogen-bond donors (Lipinski definition) is 0. The number of hydrogen-bond acceptors (Lipinski definition) is 1. The minimum absolute atomic E-state index is 0.0288. The van der Waals surface area contributed by atoms with Crippen molar-refractivity contribution in [1.29, 1.82) is 0 Å². The summed E-state index contributed by atoms with van der Waals surface area (Å²) in [4.78, 5) is 0. The molecule has 1 unspecified atom stereocenters. The Morgan fingerprint density at radius 2 is 1.35 bits per heavy atom. The average Bonchev–Trinajstić information content (AvgIpc) is 2.47. The summed E-state index contributed by atoms with van der Waals surface area (Å²) in [6.45, 7) is 6.68. The van der Waals surface area contributed by atoms with Gasteiger partial charge in [-0.15, -0.1) is 0 Å². The molecule has 4 heteroatoms. The summed E-state index contributed by atoms with van der Waals surface area (Å²) < 4.78 is 44.2. The summed E-state index contributed by atoms with van der Waals surface area (Å²) in [5.74, 6) is 0. The molecule has 0 fully saturated rings. The van der Waals surface area contributed by atoms with E-state index < -0.39 is 11.7 Å². The van der Waals surface area contributed by atoms with Crippen LogP contribution < -0.4 is 0 Å². The molecule has 0 saturated carbocycles. The molecular weight excluding hydrogens is 301 g/mol. The van der Waals surface area contributed by atoms with Gasteiger partial charge in [0.15, 0.2) is 0 Å². The van der Waals surface area contributed by atoms with Gasteiger partial charge in [0.05, 0.1) is 12.2 Å². The molecule has 0 radical (unpaired) electrons. The molecule has 1 atom stereocenters. The Bertz CT molecular complexity index is 610. The second-order valence-corrected chi connectivity index (χ2v) is 6.78. The first-order chi connectivity index (χ1) is 10.7. The van der Waals surface area contributed by atoms with Crippen molar-refractivity contribution in [3.63, 3.8) is 0 Å². The topological polar surface area (TPSA) is 9.23 Å². The van der Waals surface area contributed by atoms with E-state index in [4.69, 9.17) is 4.74 Å². The number of ether oxygens (including phenoxy) is 1. The first-order valence-corrected chi connectivity index (χ1v) is 7.50. The van der Waals surface area contributed by atoms with E-state index in [0.717, 1.165) is 17.7 Å². The number of alkyl halides is 3. The van der Waals surface area contributed by atoms with Crippen LogP contribution in [0, 0.1) is 5.41 Å². The zero-order valence-electron chi connectivity index (χ0n) is 13.5. The summed E-state index contributed by atoms with van der Waals surface area (Å²) >= 11 is 0. The molecule has 2 aromatic rings. The van der Waals surface area contributed by atoms with E-state index in [-0.39, 0.29) is 11.5 Å². The van der Waals surface area contributed by atoms with Gasteiger partial charge >= 0.3 is 6.18 Å². The van der Waals surface area contributed by atoms with Gasteiger partial charge in [0.25, 0.3) is 0 Å². The average molecular weight is 322 g/mol. The molecule has 1 nitrogen and oxygen atoms in total. The SMILES string of the molecule is CC(C)(C)COC(c1ccccc1)c1ccc(C(F)(F)F)cc1. The standard InChI is InChI=1S/C19H21F3O/c1-18(2,3)13-23-17(14-7-5-4-6-8-14)15-9-11-16(12-10-15)19(20,21)22/h4-12,17H,13H2,1-3H3. The number of rotatable bonds is 4. The maximum atomic E-state index is 12.7. The molecule has 2 rings (SSSR count). The van der Waals surface area contributed by atoms with E-state index in [1.807, 2.05) is 30.3 Å². The van der Waals surface area contributed by atoms with Crippen LogP contribution in [0.4, 0.5) is 13.2 Å². The third kappa shape index (κ3) is 5.10. The predicted octanol–water partition coefficient (Wildman–Crippen LogP) is 5.86. The van der Waals surface area contributed by atoms with Crippen molar-refractivity contribution in [2.75, 3.05) is 6.61 Å². The van der Waals surface area contributed by atoms with E-state index in [0.29, 0.717) is 12.2 Å². The van der Waals surface area contributed by atoms with Gasteiger partial charge in [-0.25, -0.2) is 0 Å². The van der Waals surface area contributed by atoms with Crippen LogP contribution in [-0.2, 0) is 10.9 Å². The van der Waals surface area contributed by atoms with Crippen molar-refractivity contribution >= 4 is 0 Å². The summed E-state index contributed by atoms with van der Waals surface area (Å²) in [5, 5.41) is 0. The quantitative estimate of drug-likeness (QED) is 0.685. The van der Waals surface area contributed by atoms with Crippen molar-refractivity contribution in [3.05, 3.63) is 71.3 Å². The Morgan fingerprint density at radius 3 is 1.83 bits per heavy atom. The summed E-state index contributed by atoms with van der Waals surface area (Å²) in [7, 11) is 0. The van der Waals surface area contributed by atoms with Crippen molar-refractivity contribution < 1.29 is 17.9 Å². The molecule has 0 aliphatic carbocycles. The Kier molecular flexibility index (Phi) is 5.15. The largest absolute Gasteiger partial charge is 0.416 e. The molecule has 0 amide bonds. The van der Waals surface area contributed by atoms with Gasteiger partial charge in [-0.2, -0.15) is 13.2 Å². The van der Waals surface area contributed by atoms with Crippen molar-refractivity contribution in [3.8, 4) is 0 Å². The monoisotopic (exact) mass is 322 g/mol. The maximum Gasteiger partial charge on any atom is 0.416 e. The molecule has 23 heavy (non-hydrogen) atoms. The van der Waals surface area contributed by atoms with E-state index in [1.54, 1.807) is 0 Å². The third-order valence-electron chi connectivity index (χ3n) is 3.33. The fourth-order valence-corrected chi connectivity index (χ4v) is 2.19. The predicted molar refractivity (Wildman–Crippen MR) is 85.1 cm³/mol. The van der Waals surface area contributed by atoms with Gasteiger partial charge < -0.3 is 4.74 Å². The highest BCUT2D eigenvalue weighted by Gasteiger charge is 2.30. The molecular formula is C19H21F3O. The smallest absolute Gasteiger partial charge is 0.368 e. The molecule has 124 valence electrons. The molecule has 0 aromatic heterocycles. The zero-order chi connectivity index (χ0) is 17.1. The lowest BCUT2D eigenvalue weighted by atomic mass is 9.96. The lowest BCUT2D eigenvalue weighted by Gasteiger charge is -2.25. The second kappa shape index (κ2) is 6.75. The minimum Gasteiger partial charge on any atom is -0.368 e. The van der Waals surface area contributed by atoms with Crippen LogP contribution in [0.25, 0.3) is 0 Å². The molecule has 0 heterocycles. The second-order valence-electron chi connectivity index (χ2n) is 6.78. The highest BCUT2D eigenvalue weighted by Crippen LogP contribution is 2.33. The lowest BCUT2D eigenvalue weighted by Crippen LogP contribution is -2.18. The number of benzene rings is 2. The summed E-state index contributed by atoms with van der Waals surface area (Å²) in [5.41, 5.74) is 0.965. The van der Waals surface area contributed by atoms with Gasteiger partial charge in [-0.05, 0) is 28.7 Å². The molecule has 0 N–H and O–H groups in total. The molecule has 0 spiro atoms. The fraction of sp³-hybridized carbons (Fsp3) is 0.368. The summed E-state index contributed by atoms with van der Waals surface area (Å²) in [6, 6.07) is 14.7. The molecule has 0 bridgehead atoms. The van der Waals surface area contributed by atoms with Gasteiger partial charge in [0.1, 0.15) is 6.10 Å². The van der Waals surface area contributed by atoms with Gasteiger partial charge in [0.2, 0.25) is 0 Å². The highest BCUT2D eigenvalue weighted by atomic mass is 19.4. The zero-order valence-corrected chi connectivity index (χ0v) is 13.5. The molecule has 0 aliphatic rings. The van der Waals surface area contributed by atoms with Crippen LogP contribution in [0.2, 0.25) is 0 Å². The highest BCUT2D eigenvalue weighted by molar-refractivity contribution is 5.33. The Morgan fingerprint density at radius 1 is 0.826 bits per heavy atom. The normalized spacial score (nSPS) is 13.8. The Balaban J connectivity index is 2.30. The molecule has 0 saturated heterocycles. The van der Waals surface area contributed by atoms with Crippen LogP contribution in [0.5, 0.6) is 0 Å². The van der Waals surface area contributed by atoms with Crippen molar-refractivity contribution in [2.24, 2.45) is 5.41 Å². The van der Waals surface area contributed by atoms with Crippen LogP contribution >= 0.6 is 0 Å². The van der Waals surface area contributed by atoms with Crippen LogP contribution in [0.15, 0.2) is 54.6 Å². The van der Waals surface area contributed by atoms with E-state index in [1.165, 1.54) is 12.1 Å². The van der Waals surface area contributed by atoms with Crippen LogP contribution in [-0.4, -0.2) is 6.61 Å².